The van der Waals surface area contributed by atoms with Crippen LogP contribution in [0.5, 0.6) is 0 Å². The molecule has 11 heavy (non-hydrogen) atoms. The van der Waals surface area contributed by atoms with Gasteiger partial charge in [-0.05, 0) is 34.2 Å². The first-order valence-electron chi connectivity index (χ1n) is 4.43. The van der Waals surface area contributed by atoms with Gasteiger partial charge < -0.3 is 5.32 Å². The van der Waals surface area contributed by atoms with Crippen molar-refractivity contribution < 1.29 is 0 Å². The van der Waals surface area contributed by atoms with Crippen LogP contribution >= 0.6 is 0 Å². The van der Waals surface area contributed by atoms with E-state index in [9.17, 15) is 0 Å². The van der Waals surface area contributed by atoms with Gasteiger partial charge in [0.2, 0.25) is 0 Å². The van der Waals surface area contributed by atoms with E-state index in [1.54, 1.807) is 0 Å². The number of likely N-dealkylation sites (N-methyl/N-ethyl adjacent to an activating group) is 1. The normalized spacial score (nSPS) is 13.7. The van der Waals surface area contributed by atoms with Gasteiger partial charge in [0.05, 0.1) is 0 Å². The molecule has 1 nitrogen and oxygen atoms in total. The standard InChI is InChI=1S/C10H21N/c1-6-8-9(7-2)10(3,4)11-5/h7,11H,6,8H2,1-5H3/b9-7+. The van der Waals surface area contributed by atoms with Gasteiger partial charge in [0, 0.05) is 5.54 Å². The summed E-state index contributed by atoms with van der Waals surface area (Å²) in [6.07, 6.45) is 4.65. The molecule has 0 aliphatic carbocycles. The largest absolute Gasteiger partial charge is 0.311 e. The first-order valence-corrected chi connectivity index (χ1v) is 4.43. The van der Waals surface area contributed by atoms with E-state index in [2.05, 4.69) is 39.1 Å². The fourth-order valence-electron chi connectivity index (χ4n) is 1.25. The molecule has 0 saturated heterocycles. The maximum atomic E-state index is 3.31. The molecule has 0 unspecified atom stereocenters. The van der Waals surface area contributed by atoms with Gasteiger partial charge in [0.1, 0.15) is 0 Å². The van der Waals surface area contributed by atoms with Crippen molar-refractivity contribution in [2.45, 2.75) is 46.1 Å². The molecule has 0 aliphatic heterocycles. The van der Waals surface area contributed by atoms with Crippen LogP contribution in [-0.2, 0) is 0 Å². The monoisotopic (exact) mass is 155 g/mol. The fourth-order valence-corrected chi connectivity index (χ4v) is 1.25. The van der Waals surface area contributed by atoms with Crippen LogP contribution in [0.2, 0.25) is 0 Å². The smallest absolute Gasteiger partial charge is 0.0333 e. The minimum Gasteiger partial charge on any atom is -0.311 e. The lowest BCUT2D eigenvalue weighted by atomic mass is 9.90. The van der Waals surface area contributed by atoms with Crippen molar-refractivity contribution in [3.8, 4) is 0 Å². The minimum absolute atomic E-state index is 0.171. The lowest BCUT2D eigenvalue weighted by molar-refractivity contribution is 0.477. The van der Waals surface area contributed by atoms with Crippen molar-refractivity contribution in [1.29, 1.82) is 0 Å². The van der Waals surface area contributed by atoms with Crippen molar-refractivity contribution in [3.63, 3.8) is 0 Å². The Hall–Kier alpha value is -0.300. The lowest BCUT2D eigenvalue weighted by Crippen LogP contribution is -2.38. The predicted octanol–water partition coefficient (Wildman–Crippen LogP) is 2.73. The van der Waals surface area contributed by atoms with E-state index in [0.29, 0.717) is 0 Å². The van der Waals surface area contributed by atoms with Gasteiger partial charge in [-0.25, -0.2) is 0 Å². The van der Waals surface area contributed by atoms with Gasteiger partial charge >= 0.3 is 0 Å². The van der Waals surface area contributed by atoms with Crippen molar-refractivity contribution >= 4 is 0 Å². The topological polar surface area (TPSA) is 12.0 Å². The van der Waals surface area contributed by atoms with E-state index >= 15 is 0 Å². The van der Waals surface area contributed by atoms with Gasteiger partial charge in [-0.1, -0.05) is 25.0 Å². The third kappa shape index (κ3) is 3.06. The average molecular weight is 155 g/mol. The summed E-state index contributed by atoms with van der Waals surface area (Å²) in [5, 5.41) is 3.31. The summed E-state index contributed by atoms with van der Waals surface area (Å²) < 4.78 is 0. The molecule has 0 atom stereocenters. The van der Waals surface area contributed by atoms with Crippen molar-refractivity contribution in [3.05, 3.63) is 11.6 Å². The third-order valence-electron chi connectivity index (χ3n) is 2.30. The highest BCUT2D eigenvalue weighted by atomic mass is 14.9. The number of hydrogen-bond donors (Lipinski definition) is 1. The molecule has 0 bridgehead atoms. The van der Waals surface area contributed by atoms with Crippen molar-refractivity contribution in [2.75, 3.05) is 7.05 Å². The molecule has 0 rings (SSSR count). The Morgan fingerprint density at radius 2 is 2.00 bits per heavy atom. The van der Waals surface area contributed by atoms with Crippen molar-refractivity contribution in [2.24, 2.45) is 0 Å². The maximum absolute atomic E-state index is 3.31. The fraction of sp³-hybridized carbons (Fsp3) is 0.800. The van der Waals surface area contributed by atoms with Gasteiger partial charge in [0.25, 0.3) is 0 Å². The molecule has 66 valence electrons. The van der Waals surface area contributed by atoms with E-state index in [0.717, 1.165) is 0 Å². The van der Waals surface area contributed by atoms with Gasteiger partial charge in [-0.2, -0.15) is 0 Å². The van der Waals surface area contributed by atoms with Crippen LogP contribution in [0.4, 0.5) is 0 Å². The van der Waals surface area contributed by atoms with E-state index in [1.165, 1.54) is 18.4 Å². The highest BCUT2D eigenvalue weighted by Crippen LogP contribution is 2.19. The Kier molecular flexibility index (Phi) is 4.43. The molecule has 0 fully saturated rings. The molecule has 0 aromatic carbocycles. The zero-order valence-corrected chi connectivity index (χ0v) is 8.49. The first-order chi connectivity index (χ1) is 5.08. The van der Waals surface area contributed by atoms with E-state index in [-0.39, 0.29) is 5.54 Å². The van der Waals surface area contributed by atoms with E-state index in [4.69, 9.17) is 0 Å². The van der Waals surface area contributed by atoms with Gasteiger partial charge in [-0.3, -0.25) is 0 Å². The van der Waals surface area contributed by atoms with E-state index in [1.807, 2.05) is 7.05 Å². The summed E-state index contributed by atoms with van der Waals surface area (Å²) in [7, 11) is 2.01. The van der Waals surface area contributed by atoms with Gasteiger partial charge in [0.15, 0.2) is 0 Å². The highest BCUT2D eigenvalue weighted by molar-refractivity contribution is 5.15. The second-order valence-corrected chi connectivity index (χ2v) is 3.44. The summed E-state index contributed by atoms with van der Waals surface area (Å²) in [5.41, 5.74) is 1.67. The number of allylic oxidation sites excluding steroid dienone is 1. The molecule has 0 saturated carbocycles. The number of hydrogen-bond acceptors (Lipinski definition) is 1. The van der Waals surface area contributed by atoms with Crippen LogP contribution in [0.15, 0.2) is 11.6 Å². The molecule has 0 radical (unpaired) electrons. The summed E-state index contributed by atoms with van der Waals surface area (Å²) in [6, 6.07) is 0. The first kappa shape index (κ1) is 10.7. The van der Waals surface area contributed by atoms with Crippen LogP contribution in [0.1, 0.15) is 40.5 Å². The highest BCUT2D eigenvalue weighted by Gasteiger charge is 2.18. The SMILES string of the molecule is C/C=C(\CCC)C(C)(C)NC. The molecule has 1 heteroatoms. The van der Waals surface area contributed by atoms with Crippen molar-refractivity contribution in [1.82, 2.24) is 5.32 Å². The number of rotatable bonds is 4. The Morgan fingerprint density at radius 1 is 1.45 bits per heavy atom. The summed E-state index contributed by atoms with van der Waals surface area (Å²) in [6.45, 7) is 8.77. The summed E-state index contributed by atoms with van der Waals surface area (Å²) >= 11 is 0. The second-order valence-electron chi connectivity index (χ2n) is 3.44. The zero-order chi connectivity index (χ0) is 8.91. The molecule has 0 amide bonds. The van der Waals surface area contributed by atoms with E-state index < -0.39 is 0 Å². The molecule has 0 aromatic rings. The minimum atomic E-state index is 0.171. The molecule has 0 spiro atoms. The molecule has 0 aromatic heterocycles. The van der Waals surface area contributed by atoms with Crippen LogP contribution < -0.4 is 5.32 Å². The van der Waals surface area contributed by atoms with Crippen LogP contribution in [0.25, 0.3) is 0 Å². The zero-order valence-electron chi connectivity index (χ0n) is 8.49. The second kappa shape index (κ2) is 4.55. The maximum Gasteiger partial charge on any atom is 0.0333 e. The predicted molar refractivity (Wildman–Crippen MR) is 51.8 cm³/mol. The van der Waals surface area contributed by atoms with Crippen LogP contribution in [0.3, 0.4) is 0 Å². The Bertz CT molecular complexity index is 134. The molecular formula is C10H21N. The Labute approximate surface area is 70.9 Å². The molecule has 1 N–H and O–H groups in total. The molecule has 0 aliphatic rings. The molecular weight excluding hydrogens is 134 g/mol. The summed E-state index contributed by atoms with van der Waals surface area (Å²) in [5.74, 6) is 0. The number of nitrogens with one attached hydrogen (secondary N) is 1. The van der Waals surface area contributed by atoms with Crippen LogP contribution in [-0.4, -0.2) is 12.6 Å². The Balaban J connectivity index is 4.25. The van der Waals surface area contributed by atoms with Gasteiger partial charge in [-0.15, -0.1) is 0 Å². The third-order valence-corrected chi connectivity index (χ3v) is 2.30. The average Bonchev–Trinajstić information content (AvgIpc) is 2.00. The lowest BCUT2D eigenvalue weighted by Gasteiger charge is -2.27. The quantitative estimate of drug-likeness (QED) is 0.615. The molecule has 0 heterocycles. The summed E-state index contributed by atoms with van der Waals surface area (Å²) in [4.78, 5) is 0. The Morgan fingerprint density at radius 3 is 2.27 bits per heavy atom. The van der Waals surface area contributed by atoms with Crippen LogP contribution in [0, 0.1) is 0 Å².